The number of aromatic amines is 1. The number of H-pyrrole nitrogens is 1. The summed E-state index contributed by atoms with van der Waals surface area (Å²) in [6.07, 6.45) is 0.672. The van der Waals surface area contributed by atoms with Crippen molar-refractivity contribution in [1.29, 1.82) is 0 Å². The van der Waals surface area contributed by atoms with Crippen LogP contribution in [-0.2, 0) is 16.0 Å². The maximum absolute atomic E-state index is 12.9. The van der Waals surface area contributed by atoms with Crippen molar-refractivity contribution in [2.45, 2.75) is 18.5 Å². The molecule has 5 rings (SSSR count). The molecule has 9 heteroatoms. The van der Waals surface area contributed by atoms with E-state index < -0.39 is 0 Å². The zero-order chi connectivity index (χ0) is 21.4. The first kappa shape index (κ1) is 20.5. The molecule has 1 aliphatic heterocycles. The molecule has 1 aromatic carbocycles. The van der Waals surface area contributed by atoms with Gasteiger partial charge < -0.3 is 20.4 Å². The molecule has 2 amide bonds. The molecule has 1 saturated heterocycles. The Bertz CT molecular complexity index is 1090. The molecule has 162 valence electrons. The van der Waals surface area contributed by atoms with Gasteiger partial charge in [-0.1, -0.05) is 35.9 Å². The van der Waals surface area contributed by atoms with Crippen molar-refractivity contribution in [2.75, 3.05) is 32.8 Å². The summed E-state index contributed by atoms with van der Waals surface area (Å²) in [5, 5.41) is 7.20. The molecule has 2 aromatic heterocycles. The predicted molar refractivity (Wildman–Crippen MR) is 121 cm³/mol. The van der Waals surface area contributed by atoms with Crippen LogP contribution in [0.15, 0.2) is 36.4 Å². The van der Waals surface area contributed by atoms with E-state index in [9.17, 15) is 9.59 Å². The lowest BCUT2D eigenvalue weighted by Crippen LogP contribution is -2.48. The average molecular weight is 459 g/mol. The number of hydrogen-bond acceptors (Lipinski definition) is 5. The van der Waals surface area contributed by atoms with Crippen LogP contribution in [-0.4, -0.2) is 60.6 Å². The van der Waals surface area contributed by atoms with Crippen molar-refractivity contribution in [2.24, 2.45) is 0 Å². The molecule has 3 N–H and O–H groups in total. The van der Waals surface area contributed by atoms with Crippen molar-refractivity contribution < 1.29 is 14.3 Å². The van der Waals surface area contributed by atoms with Crippen molar-refractivity contribution in [3.63, 3.8) is 0 Å². The molecule has 2 atom stereocenters. The maximum atomic E-state index is 12.9. The van der Waals surface area contributed by atoms with Crippen molar-refractivity contribution in [3.8, 4) is 0 Å². The van der Waals surface area contributed by atoms with Crippen LogP contribution in [0.4, 0.5) is 0 Å². The van der Waals surface area contributed by atoms with Crippen LogP contribution in [0.1, 0.15) is 27.7 Å². The molecular formula is C22H23ClN4O3S. The van der Waals surface area contributed by atoms with Crippen LogP contribution < -0.4 is 10.6 Å². The minimum atomic E-state index is -0.265. The fourth-order valence-electron chi connectivity index (χ4n) is 4.35. The SMILES string of the molecule is O=C(CN1CCOCC1)NC1c2ccccc2CC1NC(=O)c1cc2cc(Cl)sc2[nH]1. The topological polar surface area (TPSA) is 86.5 Å². The van der Waals surface area contributed by atoms with Gasteiger partial charge in [0.2, 0.25) is 5.91 Å². The minimum Gasteiger partial charge on any atom is -0.379 e. The van der Waals surface area contributed by atoms with Gasteiger partial charge in [0, 0.05) is 18.5 Å². The second-order valence-corrected chi connectivity index (χ2v) is 9.62. The summed E-state index contributed by atoms with van der Waals surface area (Å²) in [4.78, 5) is 31.8. The van der Waals surface area contributed by atoms with E-state index in [0.29, 0.717) is 36.2 Å². The summed E-state index contributed by atoms with van der Waals surface area (Å²) >= 11 is 7.44. The first-order valence-electron chi connectivity index (χ1n) is 10.3. The fourth-order valence-corrected chi connectivity index (χ4v) is 5.48. The first-order chi connectivity index (χ1) is 15.1. The number of aromatic nitrogens is 1. The molecule has 0 bridgehead atoms. The number of fused-ring (bicyclic) bond motifs is 2. The summed E-state index contributed by atoms with van der Waals surface area (Å²) in [5.41, 5.74) is 2.69. The number of ether oxygens (including phenoxy) is 1. The summed E-state index contributed by atoms with van der Waals surface area (Å²) < 4.78 is 6.04. The van der Waals surface area contributed by atoms with E-state index in [1.165, 1.54) is 11.3 Å². The molecule has 0 saturated carbocycles. The lowest BCUT2D eigenvalue weighted by Gasteiger charge is -2.28. The van der Waals surface area contributed by atoms with Gasteiger partial charge in [-0.05, 0) is 29.7 Å². The molecule has 1 fully saturated rings. The standard InChI is InChI=1S/C22H23ClN4O3S/c23-18-11-14-10-17(25-22(14)31-18)21(29)24-16-9-13-3-1-2-4-15(13)20(16)26-19(28)12-27-5-7-30-8-6-27/h1-4,10-11,16,20,25H,5-9,12H2,(H,24,29)(H,26,28). The molecule has 3 heterocycles. The largest absolute Gasteiger partial charge is 0.379 e. The molecule has 3 aromatic rings. The Hall–Kier alpha value is -2.39. The third-order valence-corrected chi connectivity index (χ3v) is 7.05. The molecule has 2 aliphatic rings. The number of benzene rings is 1. The van der Waals surface area contributed by atoms with Gasteiger partial charge in [-0.2, -0.15) is 0 Å². The molecular weight excluding hydrogens is 436 g/mol. The Balaban J connectivity index is 1.30. The highest BCUT2D eigenvalue weighted by atomic mass is 35.5. The monoisotopic (exact) mass is 458 g/mol. The second kappa shape index (κ2) is 8.63. The Morgan fingerprint density at radius 2 is 2.00 bits per heavy atom. The normalized spacial score (nSPS) is 21.2. The third-order valence-electron chi connectivity index (χ3n) is 5.86. The summed E-state index contributed by atoms with van der Waals surface area (Å²) in [7, 11) is 0. The number of carbonyl (C=O) groups excluding carboxylic acids is 2. The van der Waals surface area contributed by atoms with Gasteiger partial charge in [-0.3, -0.25) is 14.5 Å². The van der Waals surface area contributed by atoms with Crippen LogP contribution in [0.3, 0.4) is 0 Å². The van der Waals surface area contributed by atoms with Crippen molar-refractivity contribution in [1.82, 2.24) is 20.5 Å². The van der Waals surface area contributed by atoms with E-state index in [1.54, 1.807) is 6.07 Å². The quantitative estimate of drug-likeness (QED) is 0.548. The molecule has 0 spiro atoms. The molecule has 0 radical (unpaired) electrons. The molecule has 7 nitrogen and oxygen atoms in total. The number of nitrogens with one attached hydrogen (secondary N) is 3. The van der Waals surface area contributed by atoms with Crippen LogP contribution in [0.2, 0.25) is 4.34 Å². The van der Waals surface area contributed by atoms with E-state index in [2.05, 4.69) is 26.6 Å². The van der Waals surface area contributed by atoms with Gasteiger partial charge in [0.15, 0.2) is 0 Å². The van der Waals surface area contributed by atoms with E-state index in [-0.39, 0.29) is 23.9 Å². The number of nitrogens with zero attached hydrogens (tertiary/aromatic N) is 1. The molecule has 1 aliphatic carbocycles. The maximum Gasteiger partial charge on any atom is 0.268 e. The number of hydrogen-bond donors (Lipinski definition) is 3. The second-order valence-electron chi connectivity index (χ2n) is 7.93. The molecule has 2 unspecified atom stereocenters. The van der Waals surface area contributed by atoms with Gasteiger partial charge in [-0.15, -0.1) is 11.3 Å². The zero-order valence-corrected chi connectivity index (χ0v) is 18.4. The smallest absolute Gasteiger partial charge is 0.268 e. The molecule has 31 heavy (non-hydrogen) atoms. The van der Waals surface area contributed by atoms with Gasteiger partial charge in [0.1, 0.15) is 10.5 Å². The lowest BCUT2D eigenvalue weighted by atomic mass is 10.1. The van der Waals surface area contributed by atoms with Crippen molar-refractivity contribution >= 4 is 45.0 Å². The van der Waals surface area contributed by atoms with Crippen LogP contribution >= 0.6 is 22.9 Å². The minimum absolute atomic E-state index is 0.0436. The highest BCUT2D eigenvalue weighted by Crippen LogP contribution is 2.32. The predicted octanol–water partition coefficient (Wildman–Crippen LogP) is 2.73. The lowest BCUT2D eigenvalue weighted by molar-refractivity contribution is -0.124. The number of thiophene rings is 1. The number of amides is 2. The van der Waals surface area contributed by atoms with E-state index in [0.717, 1.165) is 34.4 Å². The van der Waals surface area contributed by atoms with E-state index >= 15 is 0 Å². The van der Waals surface area contributed by atoms with E-state index in [1.807, 2.05) is 24.3 Å². The van der Waals surface area contributed by atoms with Gasteiger partial charge >= 0.3 is 0 Å². The highest BCUT2D eigenvalue weighted by molar-refractivity contribution is 7.22. The Morgan fingerprint density at radius 1 is 1.19 bits per heavy atom. The Morgan fingerprint density at radius 3 is 2.81 bits per heavy atom. The highest BCUT2D eigenvalue weighted by Gasteiger charge is 2.35. The average Bonchev–Trinajstić information content (AvgIpc) is 3.40. The van der Waals surface area contributed by atoms with Crippen LogP contribution in [0.5, 0.6) is 0 Å². The van der Waals surface area contributed by atoms with Gasteiger partial charge in [0.05, 0.1) is 36.2 Å². The number of carbonyl (C=O) groups is 2. The van der Waals surface area contributed by atoms with Crippen molar-refractivity contribution in [3.05, 3.63) is 57.6 Å². The zero-order valence-electron chi connectivity index (χ0n) is 16.8. The Kier molecular flexibility index (Phi) is 5.71. The third kappa shape index (κ3) is 4.34. The van der Waals surface area contributed by atoms with Gasteiger partial charge in [0.25, 0.3) is 5.91 Å². The summed E-state index contributed by atoms with van der Waals surface area (Å²) in [5.74, 6) is -0.234. The van der Waals surface area contributed by atoms with Crippen LogP contribution in [0, 0.1) is 0 Å². The summed E-state index contributed by atoms with van der Waals surface area (Å²) in [6.45, 7) is 3.13. The Labute approximate surface area is 188 Å². The first-order valence-corrected chi connectivity index (χ1v) is 11.5. The summed E-state index contributed by atoms with van der Waals surface area (Å²) in [6, 6.07) is 11.2. The fraction of sp³-hybridized carbons (Fsp3) is 0.364. The number of halogens is 1. The number of morpholine rings is 1. The van der Waals surface area contributed by atoms with Gasteiger partial charge in [-0.25, -0.2) is 0 Å². The van der Waals surface area contributed by atoms with E-state index in [4.69, 9.17) is 16.3 Å². The number of rotatable bonds is 5. The van der Waals surface area contributed by atoms with Crippen LogP contribution in [0.25, 0.3) is 10.2 Å².